The molecule has 5 atom stereocenters. The Hall–Kier alpha value is -4.57. The summed E-state index contributed by atoms with van der Waals surface area (Å²) in [7, 11) is -2.35. The third-order valence-electron chi connectivity index (χ3n) is 10.8. The highest BCUT2D eigenvalue weighted by Gasteiger charge is 2.68. The predicted octanol–water partition coefficient (Wildman–Crippen LogP) is 7.04. The molecule has 1 saturated heterocycles. The Kier molecular flexibility index (Phi) is 13.4. The molecule has 1 aromatic carbocycles. The number of benzene rings is 1. The molecule has 4 amide bonds. The van der Waals surface area contributed by atoms with Crippen LogP contribution in [0.1, 0.15) is 80.1 Å². The van der Waals surface area contributed by atoms with Crippen molar-refractivity contribution in [3.05, 3.63) is 42.3 Å². The summed E-state index contributed by atoms with van der Waals surface area (Å²) >= 11 is 1.25. The number of hydrogen-bond acceptors (Lipinski definition) is 13. The number of carbonyl (C=O) groups excluding carboxylic acids is 4. The molecule has 2 aromatic heterocycles. The van der Waals surface area contributed by atoms with Gasteiger partial charge in [-0.05, 0) is 63.5 Å². The van der Waals surface area contributed by atoms with Crippen molar-refractivity contribution in [2.45, 2.75) is 110 Å². The molecule has 0 bridgehead atoms. The first-order valence-corrected chi connectivity index (χ1v) is 22.5. The normalized spacial score (nSPS) is 22.4. The minimum atomic E-state index is -3.90. The van der Waals surface area contributed by atoms with E-state index in [1.54, 1.807) is 50.6 Å². The topological polar surface area (TPSA) is 197 Å². The fourth-order valence-electron chi connectivity index (χ4n) is 7.80. The second kappa shape index (κ2) is 18.0. The van der Waals surface area contributed by atoms with E-state index in [-0.39, 0.29) is 44.6 Å². The largest absolute Gasteiger partial charge is 0.497 e. The maximum Gasteiger partial charge on any atom is 0.408 e. The summed E-state index contributed by atoms with van der Waals surface area (Å²) in [6, 6.07) is 4.89. The van der Waals surface area contributed by atoms with Crippen molar-refractivity contribution in [3.8, 4) is 22.9 Å². The van der Waals surface area contributed by atoms with Crippen LogP contribution in [0, 0.1) is 11.3 Å². The van der Waals surface area contributed by atoms with Gasteiger partial charge in [0.15, 0.2) is 5.13 Å². The number of hydrogen-bond donors (Lipinski definition) is 3. The first-order chi connectivity index (χ1) is 28.0. The Bertz CT molecular complexity index is 2110. The van der Waals surface area contributed by atoms with Gasteiger partial charge in [-0.25, -0.2) is 14.8 Å². The average Bonchev–Trinajstić information content (AvgIpc) is 3.58. The molecular formula is C41H55N6O10PS. The summed E-state index contributed by atoms with van der Waals surface area (Å²) in [6.07, 6.45) is 3.71. The fourth-order valence-corrected chi connectivity index (χ4v) is 10.9. The van der Waals surface area contributed by atoms with Crippen molar-refractivity contribution in [1.29, 1.82) is 0 Å². The summed E-state index contributed by atoms with van der Waals surface area (Å²) in [4.78, 5) is 65.3. The molecule has 3 aliphatic rings. The second-order valence-electron chi connectivity index (χ2n) is 16.1. The lowest BCUT2D eigenvalue weighted by atomic mass is 9.85. The Balaban J connectivity index is 1.36. The number of alkyl carbamates (subject to hydrolysis) is 1. The van der Waals surface area contributed by atoms with Crippen molar-refractivity contribution in [3.63, 3.8) is 0 Å². The monoisotopic (exact) mass is 854 g/mol. The third kappa shape index (κ3) is 9.58. The van der Waals surface area contributed by atoms with Gasteiger partial charge in [-0.1, -0.05) is 26.8 Å². The number of carbonyl (C=O) groups is 4. The molecule has 3 heterocycles. The van der Waals surface area contributed by atoms with Crippen molar-refractivity contribution in [2.24, 2.45) is 11.3 Å². The molecule has 3 N–H and O–H groups in total. The van der Waals surface area contributed by atoms with Gasteiger partial charge < -0.3 is 44.1 Å². The molecule has 320 valence electrons. The molecule has 0 spiro atoms. The number of nitrogens with zero attached hydrogens (tertiary/aromatic N) is 3. The number of anilines is 1. The number of likely N-dealkylation sites (tertiary alicyclic amines) is 1. The van der Waals surface area contributed by atoms with Crippen LogP contribution in [-0.4, -0.2) is 95.1 Å². The number of amides is 4. The molecule has 18 heteroatoms. The number of rotatable bonds is 16. The van der Waals surface area contributed by atoms with Crippen LogP contribution in [0.25, 0.3) is 22.3 Å². The quantitative estimate of drug-likeness (QED) is 0.0984. The van der Waals surface area contributed by atoms with Crippen molar-refractivity contribution in [1.82, 2.24) is 25.5 Å². The Morgan fingerprint density at radius 3 is 2.39 bits per heavy atom. The predicted molar refractivity (Wildman–Crippen MR) is 223 cm³/mol. The van der Waals surface area contributed by atoms with E-state index in [1.807, 2.05) is 26.8 Å². The van der Waals surface area contributed by atoms with E-state index in [1.165, 1.54) is 23.2 Å². The molecular weight excluding hydrogens is 800 g/mol. The number of thiazole rings is 1. The van der Waals surface area contributed by atoms with Crippen molar-refractivity contribution in [2.75, 3.05) is 32.2 Å². The lowest BCUT2D eigenvalue weighted by Crippen LogP contribution is -2.58. The summed E-state index contributed by atoms with van der Waals surface area (Å²) in [6.45, 7) is 14.3. The van der Waals surface area contributed by atoms with E-state index in [4.69, 9.17) is 28.2 Å². The number of nitrogens with one attached hydrogen (secondary N) is 3. The van der Waals surface area contributed by atoms with E-state index in [0.717, 1.165) is 25.7 Å². The van der Waals surface area contributed by atoms with Crippen LogP contribution in [0.3, 0.4) is 0 Å². The summed E-state index contributed by atoms with van der Waals surface area (Å²) in [5.41, 5.74) is 0.700. The van der Waals surface area contributed by atoms with Crippen molar-refractivity contribution < 1.29 is 47.0 Å². The minimum absolute atomic E-state index is 0.0337. The fraction of sp³-hybridized carbons (Fsp3) is 0.561. The van der Waals surface area contributed by atoms with Gasteiger partial charge in [0.2, 0.25) is 17.7 Å². The summed E-state index contributed by atoms with van der Waals surface area (Å²) in [5.74, 6) is -0.771. The third-order valence-corrected chi connectivity index (χ3v) is 14.4. The molecule has 6 rings (SSSR count). The van der Waals surface area contributed by atoms with Gasteiger partial charge in [0.25, 0.3) is 0 Å². The zero-order chi connectivity index (χ0) is 42.7. The van der Waals surface area contributed by atoms with Gasteiger partial charge in [-0.3, -0.25) is 18.9 Å². The second-order valence-corrected chi connectivity index (χ2v) is 19.3. The van der Waals surface area contributed by atoms with E-state index >= 15 is 0 Å². The lowest BCUT2D eigenvalue weighted by molar-refractivity contribution is -0.142. The molecule has 0 unspecified atom stereocenters. The SMILES string of the molecule is C=C[C@@H]1C[C@]1(NC(=O)[C@@H]1C[C@@H](Oc2cc(-c3csc(NC(C)=O)n3)nc3cc(OC)ccc23)CN1C(=O)[C@@H](NC(=O)OC1CCCC1)C(C)(C)C)P(=O)(OCC)OCC. The number of methoxy groups -OCH3 is 1. The molecule has 16 nitrogen and oxygen atoms in total. The number of aromatic nitrogens is 2. The van der Waals surface area contributed by atoms with E-state index in [0.29, 0.717) is 38.9 Å². The van der Waals surface area contributed by atoms with E-state index in [2.05, 4.69) is 27.5 Å². The molecule has 2 aliphatic carbocycles. The zero-order valence-electron chi connectivity index (χ0n) is 34.7. The van der Waals surface area contributed by atoms with Gasteiger partial charge >= 0.3 is 13.7 Å². The number of pyridine rings is 1. The van der Waals surface area contributed by atoms with Gasteiger partial charge in [0, 0.05) is 42.2 Å². The molecule has 59 heavy (non-hydrogen) atoms. The van der Waals surface area contributed by atoms with Crippen LogP contribution >= 0.6 is 18.9 Å². The summed E-state index contributed by atoms with van der Waals surface area (Å²) in [5, 5.41) is 9.95. The standard InChI is InChI=1S/C41H55N6O10PS/c1-9-25-21-41(25,58(52,54-10-2)55-11-3)46-36(49)33-19-28(22-47(33)37(50)35(40(5,6)7)45-39(51)57-26-14-12-13-15-26)56-34-20-31(32-23-59-38(44-32)42-24(4)48)43-30-18-27(53-8)16-17-29(30)34/h9,16-18,20,23,25-26,28,33,35H,1,10-15,19,21-22H2,2-8H3,(H,45,51)(H,46,49)(H,42,44,48)/t25-,28-,33+,35-,41+/m1/s1. The van der Waals surface area contributed by atoms with Gasteiger partial charge in [0.1, 0.15) is 46.8 Å². The van der Waals surface area contributed by atoms with Crippen LogP contribution in [0.4, 0.5) is 9.93 Å². The Morgan fingerprint density at radius 1 is 1.07 bits per heavy atom. The highest BCUT2D eigenvalue weighted by Crippen LogP contribution is 2.72. The Labute approximate surface area is 348 Å². The van der Waals surface area contributed by atoms with Crippen LogP contribution < -0.4 is 25.4 Å². The van der Waals surface area contributed by atoms with Crippen molar-refractivity contribution >= 4 is 58.8 Å². The van der Waals surface area contributed by atoms with E-state index in [9.17, 15) is 23.7 Å². The summed E-state index contributed by atoms with van der Waals surface area (Å²) < 4.78 is 43.7. The Morgan fingerprint density at radius 2 is 1.78 bits per heavy atom. The molecule has 0 radical (unpaired) electrons. The maximum absolute atomic E-state index is 14.8. The molecule has 3 aromatic rings. The number of ether oxygens (including phenoxy) is 3. The van der Waals surface area contributed by atoms with Gasteiger partial charge in [0.05, 0.1) is 38.1 Å². The highest BCUT2D eigenvalue weighted by atomic mass is 32.1. The first kappa shape index (κ1) is 44.0. The molecule has 2 saturated carbocycles. The van der Waals surface area contributed by atoms with E-state index < -0.39 is 60.3 Å². The molecule has 3 fully saturated rings. The molecule has 1 aliphatic heterocycles. The van der Waals surface area contributed by atoms with Gasteiger partial charge in [-0.2, -0.15) is 0 Å². The number of fused-ring (bicyclic) bond motifs is 1. The van der Waals surface area contributed by atoms with Crippen LogP contribution in [-0.2, 0) is 32.7 Å². The zero-order valence-corrected chi connectivity index (χ0v) is 36.4. The lowest BCUT2D eigenvalue weighted by Gasteiger charge is -2.36. The smallest absolute Gasteiger partial charge is 0.408 e. The first-order valence-electron chi connectivity index (χ1n) is 20.0. The van der Waals surface area contributed by atoms with Crippen LogP contribution in [0.5, 0.6) is 11.5 Å². The van der Waals surface area contributed by atoms with Crippen LogP contribution in [0.2, 0.25) is 0 Å². The average molecular weight is 855 g/mol. The minimum Gasteiger partial charge on any atom is -0.497 e. The van der Waals surface area contributed by atoms with Crippen LogP contribution in [0.15, 0.2) is 42.3 Å². The highest BCUT2D eigenvalue weighted by molar-refractivity contribution is 7.56. The van der Waals surface area contributed by atoms with Gasteiger partial charge in [-0.15, -0.1) is 17.9 Å². The maximum atomic E-state index is 14.8.